The minimum atomic E-state index is 0.433. The molecule has 2 N–H and O–H groups in total. The highest BCUT2D eigenvalue weighted by molar-refractivity contribution is 4.70. The van der Waals surface area contributed by atoms with Crippen molar-refractivity contribution in [3.8, 4) is 0 Å². The van der Waals surface area contributed by atoms with Crippen LogP contribution in [0.5, 0.6) is 0 Å². The van der Waals surface area contributed by atoms with E-state index in [2.05, 4.69) is 11.8 Å². The number of hydrogen-bond donors (Lipinski definition) is 1. The second-order valence-corrected chi connectivity index (χ2v) is 3.32. The zero-order chi connectivity index (χ0) is 8.81. The van der Waals surface area contributed by atoms with Gasteiger partial charge in [-0.3, -0.25) is 4.90 Å². The fraction of sp³-hybridized carbons (Fsp3) is 1.00. The molecule has 1 atom stereocenters. The van der Waals surface area contributed by atoms with Gasteiger partial charge in [0.15, 0.2) is 0 Å². The number of hydrogen-bond acceptors (Lipinski definition) is 3. The van der Waals surface area contributed by atoms with Crippen LogP contribution in [0.2, 0.25) is 0 Å². The maximum Gasteiger partial charge on any atom is 0.0703 e. The Labute approximate surface area is 74.9 Å². The number of nitrogens with zero attached hydrogens (tertiary/aromatic N) is 1. The summed E-state index contributed by atoms with van der Waals surface area (Å²) in [6.07, 6.45) is 2.64. The molecule has 1 saturated heterocycles. The van der Waals surface area contributed by atoms with Crippen LogP contribution in [0.25, 0.3) is 0 Å². The van der Waals surface area contributed by atoms with E-state index in [1.807, 2.05) is 0 Å². The summed E-state index contributed by atoms with van der Waals surface area (Å²) in [5, 5.41) is 0. The molecule has 0 amide bonds. The highest BCUT2D eigenvalue weighted by atomic mass is 16.5. The Morgan fingerprint density at radius 2 is 2.42 bits per heavy atom. The first kappa shape index (κ1) is 9.96. The maximum absolute atomic E-state index is 5.61. The van der Waals surface area contributed by atoms with Gasteiger partial charge in [0.1, 0.15) is 0 Å². The summed E-state index contributed by atoms with van der Waals surface area (Å²) in [6.45, 7) is 7.20. The monoisotopic (exact) mass is 172 g/mol. The predicted molar refractivity (Wildman–Crippen MR) is 50.1 cm³/mol. The molecule has 0 aliphatic carbocycles. The number of rotatable bonds is 4. The Morgan fingerprint density at radius 1 is 1.58 bits per heavy atom. The molecule has 1 fully saturated rings. The third-order valence-electron chi connectivity index (χ3n) is 2.40. The van der Waals surface area contributed by atoms with Crippen LogP contribution in [-0.4, -0.2) is 43.8 Å². The first-order valence-electron chi connectivity index (χ1n) is 4.90. The van der Waals surface area contributed by atoms with Gasteiger partial charge in [0, 0.05) is 13.1 Å². The zero-order valence-corrected chi connectivity index (χ0v) is 7.96. The first-order chi connectivity index (χ1) is 5.86. The smallest absolute Gasteiger partial charge is 0.0703 e. The highest BCUT2D eigenvalue weighted by Gasteiger charge is 2.17. The van der Waals surface area contributed by atoms with Crippen LogP contribution in [0, 0.1) is 0 Å². The van der Waals surface area contributed by atoms with Gasteiger partial charge in [-0.05, 0) is 25.9 Å². The maximum atomic E-state index is 5.61. The van der Waals surface area contributed by atoms with Crippen LogP contribution < -0.4 is 5.73 Å². The molecular weight excluding hydrogens is 152 g/mol. The lowest BCUT2D eigenvalue weighted by atomic mass is 10.1. The van der Waals surface area contributed by atoms with E-state index >= 15 is 0 Å². The largest absolute Gasteiger partial charge is 0.376 e. The minimum absolute atomic E-state index is 0.433. The van der Waals surface area contributed by atoms with Crippen LogP contribution >= 0.6 is 0 Å². The van der Waals surface area contributed by atoms with Gasteiger partial charge < -0.3 is 10.5 Å². The zero-order valence-electron chi connectivity index (χ0n) is 7.96. The third kappa shape index (κ3) is 3.09. The van der Waals surface area contributed by atoms with E-state index in [0.717, 1.165) is 45.6 Å². The number of nitrogens with two attached hydrogens (primary N) is 1. The summed E-state index contributed by atoms with van der Waals surface area (Å²) < 4.78 is 5.61. The Morgan fingerprint density at radius 3 is 3.08 bits per heavy atom. The van der Waals surface area contributed by atoms with Crippen molar-refractivity contribution < 1.29 is 4.74 Å². The van der Waals surface area contributed by atoms with E-state index in [9.17, 15) is 0 Å². The van der Waals surface area contributed by atoms with E-state index in [1.165, 1.54) is 0 Å². The normalized spacial score (nSPS) is 26.0. The van der Waals surface area contributed by atoms with Crippen molar-refractivity contribution in [2.24, 2.45) is 5.73 Å². The molecular formula is C9H20N2O. The molecule has 0 saturated carbocycles. The fourth-order valence-electron chi connectivity index (χ4n) is 1.59. The van der Waals surface area contributed by atoms with Crippen molar-refractivity contribution >= 4 is 0 Å². The predicted octanol–water partition coefficient (Wildman–Crippen LogP) is 0.446. The Kier molecular flexibility index (Phi) is 4.58. The third-order valence-corrected chi connectivity index (χ3v) is 2.40. The van der Waals surface area contributed by atoms with Crippen molar-refractivity contribution in [3.63, 3.8) is 0 Å². The van der Waals surface area contributed by atoms with Crippen LogP contribution in [-0.2, 0) is 4.74 Å². The van der Waals surface area contributed by atoms with Crippen LogP contribution in [0.1, 0.15) is 19.8 Å². The van der Waals surface area contributed by atoms with Crippen molar-refractivity contribution in [1.82, 2.24) is 4.90 Å². The van der Waals surface area contributed by atoms with E-state index in [1.54, 1.807) is 0 Å². The summed E-state index contributed by atoms with van der Waals surface area (Å²) in [4.78, 5) is 2.44. The Balaban J connectivity index is 2.16. The Hall–Kier alpha value is -0.120. The first-order valence-corrected chi connectivity index (χ1v) is 4.90. The molecule has 72 valence electrons. The van der Waals surface area contributed by atoms with Crippen LogP contribution in [0.3, 0.4) is 0 Å². The molecule has 1 aliphatic rings. The summed E-state index contributed by atoms with van der Waals surface area (Å²) in [6, 6.07) is 0. The molecule has 0 aromatic carbocycles. The summed E-state index contributed by atoms with van der Waals surface area (Å²) in [5.41, 5.74) is 5.44. The molecule has 0 spiro atoms. The standard InChI is InChI=1S/C9H20N2O/c1-2-11-6-7-12-9(8-11)4-3-5-10/h9H,2-8,10H2,1H3/t9-/m1/s1. The lowest BCUT2D eigenvalue weighted by Crippen LogP contribution is -2.42. The van der Waals surface area contributed by atoms with E-state index in [0.29, 0.717) is 6.10 Å². The quantitative estimate of drug-likeness (QED) is 0.669. The van der Waals surface area contributed by atoms with Gasteiger partial charge >= 0.3 is 0 Å². The molecule has 0 aromatic heterocycles. The lowest BCUT2D eigenvalue weighted by molar-refractivity contribution is -0.0306. The van der Waals surface area contributed by atoms with Crippen molar-refractivity contribution in [3.05, 3.63) is 0 Å². The van der Waals surface area contributed by atoms with Gasteiger partial charge in [-0.2, -0.15) is 0 Å². The average molecular weight is 172 g/mol. The number of morpholine rings is 1. The lowest BCUT2D eigenvalue weighted by Gasteiger charge is -2.32. The summed E-state index contributed by atoms with van der Waals surface area (Å²) in [5.74, 6) is 0. The molecule has 1 rings (SSSR count). The van der Waals surface area contributed by atoms with Gasteiger partial charge in [-0.1, -0.05) is 6.92 Å². The average Bonchev–Trinajstić information content (AvgIpc) is 2.15. The van der Waals surface area contributed by atoms with Gasteiger partial charge in [-0.25, -0.2) is 0 Å². The van der Waals surface area contributed by atoms with Gasteiger partial charge in [0.25, 0.3) is 0 Å². The van der Waals surface area contributed by atoms with Crippen molar-refractivity contribution in [2.75, 3.05) is 32.8 Å². The molecule has 0 unspecified atom stereocenters. The van der Waals surface area contributed by atoms with Crippen molar-refractivity contribution in [2.45, 2.75) is 25.9 Å². The molecule has 1 aliphatic heterocycles. The topological polar surface area (TPSA) is 38.5 Å². The fourth-order valence-corrected chi connectivity index (χ4v) is 1.59. The van der Waals surface area contributed by atoms with E-state index < -0.39 is 0 Å². The van der Waals surface area contributed by atoms with Gasteiger partial charge in [0.2, 0.25) is 0 Å². The highest BCUT2D eigenvalue weighted by Crippen LogP contribution is 2.09. The second-order valence-electron chi connectivity index (χ2n) is 3.32. The molecule has 0 aromatic rings. The molecule has 0 bridgehead atoms. The second kappa shape index (κ2) is 5.51. The van der Waals surface area contributed by atoms with Crippen molar-refractivity contribution in [1.29, 1.82) is 0 Å². The summed E-state index contributed by atoms with van der Waals surface area (Å²) in [7, 11) is 0. The molecule has 0 radical (unpaired) electrons. The summed E-state index contributed by atoms with van der Waals surface area (Å²) >= 11 is 0. The van der Waals surface area contributed by atoms with Gasteiger partial charge in [0.05, 0.1) is 12.7 Å². The van der Waals surface area contributed by atoms with Gasteiger partial charge in [-0.15, -0.1) is 0 Å². The van der Waals surface area contributed by atoms with E-state index in [4.69, 9.17) is 10.5 Å². The molecule has 12 heavy (non-hydrogen) atoms. The molecule has 1 heterocycles. The van der Waals surface area contributed by atoms with Crippen LogP contribution in [0.4, 0.5) is 0 Å². The molecule has 3 nitrogen and oxygen atoms in total. The van der Waals surface area contributed by atoms with E-state index in [-0.39, 0.29) is 0 Å². The molecule has 3 heteroatoms. The minimum Gasteiger partial charge on any atom is -0.376 e. The number of ether oxygens (including phenoxy) is 1. The number of likely N-dealkylation sites (N-methyl/N-ethyl adjacent to an activating group) is 1. The van der Waals surface area contributed by atoms with Crippen LogP contribution in [0.15, 0.2) is 0 Å². The SMILES string of the molecule is CCN1CCO[C@H](CCCN)C1. The Bertz CT molecular complexity index is 119.